The fourth-order valence-corrected chi connectivity index (χ4v) is 1.42. The van der Waals surface area contributed by atoms with Crippen LogP contribution in [0.4, 0.5) is 5.69 Å². The molecular weight excluding hydrogens is 248 g/mol. The average Bonchev–Trinajstić information content (AvgIpc) is 3.13. The topological polar surface area (TPSA) is 98.7 Å². The Kier molecular flexibility index (Phi) is 2.73. The van der Waals surface area contributed by atoms with Crippen LogP contribution in [-0.4, -0.2) is 30.6 Å². The van der Waals surface area contributed by atoms with Gasteiger partial charge in [0.05, 0.1) is 24.3 Å². The number of aromatic nitrogens is 5. The van der Waals surface area contributed by atoms with E-state index in [0.717, 1.165) is 0 Å². The van der Waals surface area contributed by atoms with Crippen LogP contribution in [0, 0.1) is 0 Å². The molecule has 3 aromatic rings. The van der Waals surface area contributed by atoms with Crippen LogP contribution in [0.2, 0.25) is 0 Å². The highest BCUT2D eigenvalue weighted by atomic mass is 16.5. The molecule has 0 aliphatic rings. The molecule has 0 aromatic carbocycles. The number of rotatable bonds is 3. The van der Waals surface area contributed by atoms with Crippen molar-refractivity contribution in [3.05, 3.63) is 49.1 Å². The van der Waals surface area contributed by atoms with Crippen molar-refractivity contribution in [1.82, 2.24) is 24.7 Å². The SMILES string of the molecule is O=C(Nc1cnc(-n2ccnc2)nc1)c1ccno1. The molecule has 0 saturated carbocycles. The summed E-state index contributed by atoms with van der Waals surface area (Å²) in [6, 6.07) is 1.47. The lowest BCUT2D eigenvalue weighted by atomic mass is 10.4. The molecule has 0 radical (unpaired) electrons. The molecule has 0 aliphatic heterocycles. The number of anilines is 1. The summed E-state index contributed by atoms with van der Waals surface area (Å²) in [6.45, 7) is 0. The third-order valence-corrected chi connectivity index (χ3v) is 2.29. The lowest BCUT2D eigenvalue weighted by molar-refractivity contribution is 0.0988. The first-order chi connectivity index (χ1) is 9.33. The van der Waals surface area contributed by atoms with Gasteiger partial charge in [0.2, 0.25) is 11.7 Å². The molecule has 1 amide bonds. The number of amides is 1. The first-order valence-electron chi connectivity index (χ1n) is 5.35. The number of nitrogens with zero attached hydrogens (tertiary/aromatic N) is 5. The van der Waals surface area contributed by atoms with Crippen LogP contribution in [0.15, 0.2) is 47.9 Å². The molecule has 0 fully saturated rings. The molecule has 0 saturated heterocycles. The van der Waals surface area contributed by atoms with Crippen molar-refractivity contribution >= 4 is 11.6 Å². The zero-order valence-electron chi connectivity index (χ0n) is 9.59. The minimum atomic E-state index is -0.406. The number of nitrogens with one attached hydrogen (secondary N) is 1. The zero-order valence-corrected chi connectivity index (χ0v) is 9.59. The van der Waals surface area contributed by atoms with Crippen LogP contribution < -0.4 is 5.32 Å². The van der Waals surface area contributed by atoms with Gasteiger partial charge >= 0.3 is 0 Å². The van der Waals surface area contributed by atoms with Gasteiger partial charge in [0.1, 0.15) is 6.33 Å². The smallest absolute Gasteiger partial charge is 0.294 e. The molecule has 0 bridgehead atoms. The average molecular weight is 256 g/mol. The third kappa shape index (κ3) is 2.32. The fourth-order valence-electron chi connectivity index (χ4n) is 1.42. The van der Waals surface area contributed by atoms with E-state index in [2.05, 4.69) is 25.4 Å². The standard InChI is InChI=1S/C11H8N6O2/c18-10(9-1-2-15-19-9)16-8-5-13-11(14-6-8)17-4-3-12-7-17/h1-7H,(H,16,18). The molecule has 8 heteroatoms. The monoisotopic (exact) mass is 256 g/mol. The second-order valence-electron chi connectivity index (χ2n) is 3.57. The summed E-state index contributed by atoms with van der Waals surface area (Å²) in [5, 5.41) is 6.05. The predicted octanol–water partition coefficient (Wildman–Crippen LogP) is 0.903. The highest BCUT2D eigenvalue weighted by molar-refractivity contribution is 6.01. The maximum atomic E-state index is 11.7. The Balaban J connectivity index is 1.75. The normalized spacial score (nSPS) is 10.3. The van der Waals surface area contributed by atoms with Crippen LogP contribution in [-0.2, 0) is 0 Å². The minimum Gasteiger partial charge on any atom is -0.351 e. The maximum absolute atomic E-state index is 11.7. The van der Waals surface area contributed by atoms with Gasteiger partial charge in [-0.1, -0.05) is 5.16 Å². The van der Waals surface area contributed by atoms with E-state index in [0.29, 0.717) is 11.6 Å². The van der Waals surface area contributed by atoms with E-state index < -0.39 is 5.91 Å². The summed E-state index contributed by atoms with van der Waals surface area (Å²) < 4.78 is 6.39. The fraction of sp³-hybridized carbons (Fsp3) is 0. The van der Waals surface area contributed by atoms with E-state index in [-0.39, 0.29) is 5.76 Å². The molecule has 94 valence electrons. The summed E-state index contributed by atoms with van der Waals surface area (Å²) in [5.74, 6) is 0.185. The van der Waals surface area contributed by atoms with Gasteiger partial charge in [-0.3, -0.25) is 9.36 Å². The van der Waals surface area contributed by atoms with Gasteiger partial charge in [0.25, 0.3) is 5.91 Å². The molecule has 3 aromatic heterocycles. The summed E-state index contributed by atoms with van der Waals surface area (Å²) >= 11 is 0. The molecule has 19 heavy (non-hydrogen) atoms. The lowest BCUT2D eigenvalue weighted by Crippen LogP contribution is -2.11. The molecule has 1 N–H and O–H groups in total. The van der Waals surface area contributed by atoms with Gasteiger partial charge in [0, 0.05) is 18.5 Å². The van der Waals surface area contributed by atoms with Crippen molar-refractivity contribution in [3.8, 4) is 5.95 Å². The minimum absolute atomic E-state index is 0.124. The van der Waals surface area contributed by atoms with E-state index in [1.165, 1.54) is 24.7 Å². The van der Waals surface area contributed by atoms with Crippen LogP contribution in [0.1, 0.15) is 10.6 Å². The number of carbonyl (C=O) groups excluding carboxylic acids is 1. The lowest BCUT2D eigenvalue weighted by Gasteiger charge is -2.03. The number of carbonyl (C=O) groups is 1. The zero-order chi connectivity index (χ0) is 13.1. The summed E-state index contributed by atoms with van der Waals surface area (Å²) in [6.07, 6.45) is 9.33. The van der Waals surface area contributed by atoms with Gasteiger partial charge in [-0.25, -0.2) is 15.0 Å². The first kappa shape index (κ1) is 11.1. The van der Waals surface area contributed by atoms with Crippen LogP contribution >= 0.6 is 0 Å². The third-order valence-electron chi connectivity index (χ3n) is 2.29. The number of hydrogen-bond donors (Lipinski definition) is 1. The molecule has 8 nitrogen and oxygen atoms in total. The molecule has 0 spiro atoms. The van der Waals surface area contributed by atoms with Crippen molar-refractivity contribution in [2.75, 3.05) is 5.32 Å². The van der Waals surface area contributed by atoms with Gasteiger partial charge in [-0.2, -0.15) is 0 Å². The van der Waals surface area contributed by atoms with E-state index in [4.69, 9.17) is 4.52 Å². The van der Waals surface area contributed by atoms with Gasteiger partial charge in [-0.05, 0) is 0 Å². The molecule has 0 aliphatic carbocycles. The Morgan fingerprint density at radius 1 is 1.26 bits per heavy atom. The molecule has 0 atom stereocenters. The molecule has 3 rings (SSSR count). The van der Waals surface area contributed by atoms with Gasteiger partial charge in [-0.15, -0.1) is 0 Å². The van der Waals surface area contributed by atoms with Crippen molar-refractivity contribution in [2.24, 2.45) is 0 Å². The van der Waals surface area contributed by atoms with E-state index in [1.807, 2.05) is 0 Å². The predicted molar refractivity (Wildman–Crippen MR) is 63.6 cm³/mol. The number of hydrogen-bond acceptors (Lipinski definition) is 6. The quantitative estimate of drug-likeness (QED) is 0.747. The Hall–Kier alpha value is -3.03. The maximum Gasteiger partial charge on any atom is 0.294 e. The molecular formula is C11H8N6O2. The molecule has 3 heterocycles. The van der Waals surface area contributed by atoms with Crippen molar-refractivity contribution in [2.45, 2.75) is 0 Å². The Morgan fingerprint density at radius 3 is 2.74 bits per heavy atom. The first-order valence-corrected chi connectivity index (χ1v) is 5.35. The highest BCUT2D eigenvalue weighted by Gasteiger charge is 2.10. The Morgan fingerprint density at radius 2 is 2.11 bits per heavy atom. The van der Waals surface area contributed by atoms with E-state index in [9.17, 15) is 4.79 Å². The van der Waals surface area contributed by atoms with Crippen LogP contribution in [0.5, 0.6) is 0 Å². The second-order valence-corrected chi connectivity index (χ2v) is 3.57. The van der Waals surface area contributed by atoms with Crippen molar-refractivity contribution in [3.63, 3.8) is 0 Å². The van der Waals surface area contributed by atoms with Crippen molar-refractivity contribution in [1.29, 1.82) is 0 Å². The Bertz CT molecular complexity index is 660. The van der Waals surface area contributed by atoms with Gasteiger partial charge < -0.3 is 9.84 Å². The summed E-state index contributed by atoms with van der Waals surface area (Å²) in [4.78, 5) is 23.8. The number of imidazole rings is 1. The van der Waals surface area contributed by atoms with Crippen LogP contribution in [0.25, 0.3) is 5.95 Å². The van der Waals surface area contributed by atoms with Crippen LogP contribution in [0.3, 0.4) is 0 Å². The largest absolute Gasteiger partial charge is 0.351 e. The van der Waals surface area contributed by atoms with E-state index >= 15 is 0 Å². The molecule has 0 unspecified atom stereocenters. The summed E-state index contributed by atoms with van der Waals surface area (Å²) in [7, 11) is 0. The summed E-state index contributed by atoms with van der Waals surface area (Å²) in [5.41, 5.74) is 0.463. The highest BCUT2D eigenvalue weighted by Crippen LogP contribution is 2.08. The van der Waals surface area contributed by atoms with Crippen molar-refractivity contribution < 1.29 is 9.32 Å². The Labute approximate surface area is 107 Å². The second kappa shape index (κ2) is 4.69. The van der Waals surface area contributed by atoms with E-state index in [1.54, 1.807) is 23.3 Å². The van der Waals surface area contributed by atoms with Gasteiger partial charge in [0.15, 0.2) is 0 Å².